The van der Waals surface area contributed by atoms with Gasteiger partial charge in [0.2, 0.25) is 0 Å². The first-order chi connectivity index (χ1) is 14.9. The normalized spacial score (nSPS) is 14.8. The molecular formula is C24H33N4O3+. The van der Waals surface area contributed by atoms with E-state index in [0.717, 1.165) is 46.2 Å². The summed E-state index contributed by atoms with van der Waals surface area (Å²) in [4.78, 5) is 30.2. The van der Waals surface area contributed by atoms with E-state index in [2.05, 4.69) is 10.2 Å². The third kappa shape index (κ3) is 5.76. The summed E-state index contributed by atoms with van der Waals surface area (Å²) in [6, 6.07) is 13.8. The Kier molecular flexibility index (Phi) is 7.52. The van der Waals surface area contributed by atoms with Gasteiger partial charge in [-0.15, -0.1) is 0 Å². The summed E-state index contributed by atoms with van der Waals surface area (Å²) >= 11 is 0. The van der Waals surface area contributed by atoms with Crippen molar-refractivity contribution in [1.29, 1.82) is 0 Å². The lowest BCUT2D eigenvalue weighted by molar-refractivity contribution is -0.862. The lowest BCUT2D eigenvalue weighted by Gasteiger charge is -2.36. The van der Waals surface area contributed by atoms with E-state index < -0.39 is 0 Å². The number of carbonyl (C=O) groups excluding carboxylic acids is 2. The molecule has 1 unspecified atom stereocenters. The maximum atomic E-state index is 12.7. The van der Waals surface area contributed by atoms with Crippen molar-refractivity contribution in [3.05, 3.63) is 53.6 Å². The van der Waals surface area contributed by atoms with Gasteiger partial charge in [-0.1, -0.05) is 24.3 Å². The molecule has 7 heteroatoms. The van der Waals surface area contributed by atoms with E-state index in [1.165, 1.54) is 0 Å². The molecule has 1 aliphatic heterocycles. The number of ether oxygens (including phenoxy) is 1. The number of rotatable bonds is 7. The lowest BCUT2D eigenvalue weighted by Crippen LogP contribution is -3.11. The minimum absolute atomic E-state index is 0.0803. The number of piperazine rings is 1. The fourth-order valence-electron chi connectivity index (χ4n) is 3.88. The smallest absolute Gasteiger partial charge is 0.279 e. The predicted molar refractivity (Wildman–Crippen MR) is 123 cm³/mol. The molecule has 2 N–H and O–H groups in total. The molecular weight excluding hydrogens is 392 g/mol. The van der Waals surface area contributed by atoms with Gasteiger partial charge in [0, 0.05) is 31.9 Å². The second kappa shape index (κ2) is 10.3. The summed E-state index contributed by atoms with van der Waals surface area (Å²) in [5.41, 5.74) is 4.10. The van der Waals surface area contributed by atoms with Crippen molar-refractivity contribution in [2.45, 2.75) is 13.8 Å². The summed E-state index contributed by atoms with van der Waals surface area (Å²) in [6.45, 7) is 7.42. The van der Waals surface area contributed by atoms with Gasteiger partial charge in [-0.25, -0.2) is 0 Å². The summed E-state index contributed by atoms with van der Waals surface area (Å²) in [5, 5.41) is 2.97. The van der Waals surface area contributed by atoms with Gasteiger partial charge in [-0.05, 0) is 43.2 Å². The molecule has 166 valence electrons. The number of benzene rings is 2. The monoisotopic (exact) mass is 425 g/mol. The zero-order valence-corrected chi connectivity index (χ0v) is 18.9. The van der Waals surface area contributed by atoms with Gasteiger partial charge < -0.3 is 24.8 Å². The highest BCUT2D eigenvalue weighted by molar-refractivity contribution is 5.92. The van der Waals surface area contributed by atoms with E-state index in [1.807, 2.05) is 68.3 Å². The Morgan fingerprint density at radius 2 is 1.71 bits per heavy atom. The van der Waals surface area contributed by atoms with Crippen molar-refractivity contribution in [3.8, 4) is 5.75 Å². The maximum Gasteiger partial charge on any atom is 0.279 e. The fraction of sp³-hybridized carbons (Fsp3) is 0.417. The number of anilines is 2. The molecule has 0 radical (unpaired) electrons. The zero-order chi connectivity index (χ0) is 22.4. The molecule has 0 spiro atoms. The van der Waals surface area contributed by atoms with Crippen LogP contribution >= 0.6 is 0 Å². The summed E-state index contributed by atoms with van der Waals surface area (Å²) in [6.07, 6.45) is 0. The molecule has 1 aliphatic rings. The SMILES string of the molecule is COc1ccccc1N1CCN(C(=O)C[NH+](C)CC(=O)Nc2cccc(C)c2C)CC1. The number of carbonyl (C=O) groups is 2. The van der Waals surface area contributed by atoms with Crippen molar-refractivity contribution in [2.24, 2.45) is 0 Å². The highest BCUT2D eigenvalue weighted by atomic mass is 16.5. The second-order valence-corrected chi connectivity index (χ2v) is 8.15. The number of nitrogens with one attached hydrogen (secondary N) is 2. The van der Waals surface area contributed by atoms with Gasteiger partial charge >= 0.3 is 0 Å². The molecule has 0 saturated carbocycles. The van der Waals surface area contributed by atoms with Gasteiger partial charge in [0.1, 0.15) is 5.75 Å². The molecule has 1 heterocycles. The topological polar surface area (TPSA) is 66.3 Å². The Bertz CT molecular complexity index is 923. The minimum Gasteiger partial charge on any atom is -0.495 e. The highest BCUT2D eigenvalue weighted by Crippen LogP contribution is 2.28. The van der Waals surface area contributed by atoms with E-state index in [0.29, 0.717) is 19.6 Å². The molecule has 1 atom stereocenters. The first kappa shape index (κ1) is 22.6. The Morgan fingerprint density at radius 3 is 2.42 bits per heavy atom. The molecule has 1 fully saturated rings. The maximum absolute atomic E-state index is 12.7. The first-order valence-corrected chi connectivity index (χ1v) is 10.7. The molecule has 0 aromatic heterocycles. The average Bonchev–Trinajstić information content (AvgIpc) is 2.76. The number of quaternary nitrogens is 1. The van der Waals surface area contributed by atoms with Crippen LogP contribution in [0.4, 0.5) is 11.4 Å². The Hall–Kier alpha value is -3.06. The van der Waals surface area contributed by atoms with Crippen molar-refractivity contribution < 1.29 is 19.2 Å². The Labute approximate surface area is 184 Å². The third-order valence-corrected chi connectivity index (χ3v) is 5.85. The van der Waals surface area contributed by atoms with Gasteiger partial charge in [0.15, 0.2) is 13.1 Å². The molecule has 0 aliphatic carbocycles. The van der Waals surface area contributed by atoms with Crippen LogP contribution in [0.1, 0.15) is 11.1 Å². The standard InChI is InChI=1S/C24H32N4O3/c1-18-8-7-9-20(19(18)2)25-23(29)16-26(3)17-24(30)28-14-12-27(13-15-28)21-10-5-6-11-22(21)31-4/h5-11H,12-17H2,1-4H3,(H,25,29)/p+1. The number of aryl methyl sites for hydroxylation is 1. The molecule has 2 aromatic rings. The van der Waals surface area contributed by atoms with E-state index in [1.54, 1.807) is 7.11 Å². The number of likely N-dealkylation sites (N-methyl/N-ethyl adjacent to an activating group) is 1. The third-order valence-electron chi connectivity index (χ3n) is 5.85. The van der Waals surface area contributed by atoms with E-state index in [4.69, 9.17) is 4.74 Å². The summed E-state index contributed by atoms with van der Waals surface area (Å²) in [5.74, 6) is 0.845. The average molecular weight is 426 g/mol. The summed E-state index contributed by atoms with van der Waals surface area (Å²) in [7, 11) is 3.55. The molecule has 1 saturated heterocycles. The largest absolute Gasteiger partial charge is 0.495 e. The predicted octanol–water partition coefficient (Wildman–Crippen LogP) is 1.11. The molecule has 2 amide bonds. The van der Waals surface area contributed by atoms with Crippen molar-refractivity contribution in [3.63, 3.8) is 0 Å². The van der Waals surface area contributed by atoms with E-state index >= 15 is 0 Å². The van der Waals surface area contributed by atoms with Crippen LogP contribution in [-0.4, -0.2) is 70.1 Å². The molecule has 0 bridgehead atoms. The fourth-order valence-corrected chi connectivity index (χ4v) is 3.88. The van der Waals surface area contributed by atoms with Crippen molar-refractivity contribution >= 4 is 23.2 Å². The van der Waals surface area contributed by atoms with Gasteiger partial charge in [0.25, 0.3) is 11.8 Å². The van der Waals surface area contributed by atoms with Crippen LogP contribution in [0.2, 0.25) is 0 Å². The minimum atomic E-state index is -0.0833. The number of nitrogens with zero attached hydrogens (tertiary/aromatic N) is 2. The Balaban J connectivity index is 1.47. The van der Waals surface area contributed by atoms with Crippen LogP contribution < -0.4 is 19.9 Å². The number of amides is 2. The van der Waals surface area contributed by atoms with Crippen molar-refractivity contribution in [1.82, 2.24) is 4.90 Å². The number of hydrogen-bond donors (Lipinski definition) is 2. The van der Waals surface area contributed by atoms with Crippen LogP contribution in [0.3, 0.4) is 0 Å². The van der Waals surface area contributed by atoms with Crippen molar-refractivity contribution in [2.75, 3.05) is 63.6 Å². The zero-order valence-electron chi connectivity index (χ0n) is 18.9. The van der Waals surface area contributed by atoms with Crippen LogP contribution in [0.15, 0.2) is 42.5 Å². The highest BCUT2D eigenvalue weighted by Gasteiger charge is 2.25. The lowest BCUT2D eigenvalue weighted by atomic mass is 10.1. The van der Waals surface area contributed by atoms with Crippen LogP contribution in [0.5, 0.6) is 5.75 Å². The number of methoxy groups -OCH3 is 1. The van der Waals surface area contributed by atoms with Gasteiger partial charge in [-0.2, -0.15) is 0 Å². The molecule has 2 aromatic carbocycles. The van der Waals surface area contributed by atoms with Gasteiger partial charge in [-0.3, -0.25) is 9.59 Å². The number of para-hydroxylation sites is 2. The molecule has 31 heavy (non-hydrogen) atoms. The molecule has 3 rings (SSSR count). The molecule has 7 nitrogen and oxygen atoms in total. The van der Waals surface area contributed by atoms with E-state index in [-0.39, 0.29) is 18.4 Å². The van der Waals surface area contributed by atoms with Gasteiger partial charge in [0.05, 0.1) is 19.8 Å². The second-order valence-electron chi connectivity index (χ2n) is 8.15. The van der Waals surface area contributed by atoms with Crippen LogP contribution in [0.25, 0.3) is 0 Å². The van der Waals surface area contributed by atoms with E-state index in [9.17, 15) is 9.59 Å². The Morgan fingerprint density at radius 1 is 1.00 bits per heavy atom. The number of hydrogen-bond acceptors (Lipinski definition) is 4. The summed E-state index contributed by atoms with van der Waals surface area (Å²) < 4.78 is 5.46. The van der Waals surface area contributed by atoms with Crippen LogP contribution in [-0.2, 0) is 9.59 Å². The first-order valence-electron chi connectivity index (χ1n) is 10.7. The quantitative estimate of drug-likeness (QED) is 0.698. The van der Waals surface area contributed by atoms with Crippen LogP contribution in [0, 0.1) is 13.8 Å².